The molecule has 0 amide bonds. The number of nitrogens with zero attached hydrogens (tertiary/aromatic N) is 2. The van der Waals surface area contributed by atoms with Crippen molar-refractivity contribution in [3.8, 4) is 0 Å². The molecular formula is C13H14N2O5S. The normalized spacial score (nSPS) is 12.3. The van der Waals surface area contributed by atoms with Crippen molar-refractivity contribution in [2.45, 2.75) is 13.1 Å². The second-order valence-corrected chi connectivity index (χ2v) is 5.12. The molecule has 0 aliphatic rings. The van der Waals surface area contributed by atoms with E-state index in [0.29, 0.717) is 11.5 Å². The molecular weight excluding hydrogens is 296 g/mol. The van der Waals surface area contributed by atoms with E-state index in [1.54, 1.807) is 24.3 Å². The first-order valence-electron chi connectivity index (χ1n) is 6.01. The van der Waals surface area contributed by atoms with E-state index >= 15 is 0 Å². The Balaban J connectivity index is 2.06. The number of carbonyl (C=O) groups is 1. The molecule has 2 aromatic rings. The topological polar surface area (TPSA) is 92.9 Å². The molecule has 1 N–H and O–H groups in total. The molecule has 0 aliphatic carbocycles. The van der Waals surface area contributed by atoms with Crippen molar-refractivity contribution < 1.29 is 22.7 Å². The summed E-state index contributed by atoms with van der Waals surface area (Å²) >= 11 is -2.16. The standard InChI is InChI=1S/C13H14N2O5S/c1-19-13(16)11-4-2-10(3-5-11)8-15(21(17)18)9-12-14-6-7-20-12/h2-7H,8-9H2,1H3,(H,17,18). The first-order chi connectivity index (χ1) is 10.1. The number of benzene rings is 1. The van der Waals surface area contributed by atoms with Crippen LogP contribution in [0.3, 0.4) is 0 Å². The number of esters is 1. The highest BCUT2D eigenvalue weighted by Crippen LogP contribution is 2.12. The summed E-state index contributed by atoms with van der Waals surface area (Å²) in [5, 5.41) is 0. The molecule has 0 saturated carbocycles. The molecule has 1 aromatic heterocycles. The lowest BCUT2D eigenvalue weighted by atomic mass is 10.1. The predicted molar refractivity (Wildman–Crippen MR) is 74.3 cm³/mol. The minimum Gasteiger partial charge on any atom is -0.465 e. The van der Waals surface area contributed by atoms with Gasteiger partial charge < -0.3 is 9.15 Å². The van der Waals surface area contributed by atoms with Gasteiger partial charge in [0.15, 0.2) is 0 Å². The fraction of sp³-hybridized carbons (Fsp3) is 0.231. The van der Waals surface area contributed by atoms with E-state index in [0.717, 1.165) is 5.56 Å². The summed E-state index contributed by atoms with van der Waals surface area (Å²) in [6.07, 6.45) is 2.87. The first-order valence-corrected chi connectivity index (χ1v) is 7.08. The van der Waals surface area contributed by atoms with Crippen LogP contribution < -0.4 is 0 Å². The van der Waals surface area contributed by atoms with Gasteiger partial charge in [-0.15, -0.1) is 0 Å². The van der Waals surface area contributed by atoms with Crippen LogP contribution >= 0.6 is 0 Å². The van der Waals surface area contributed by atoms with E-state index in [9.17, 15) is 13.6 Å². The quantitative estimate of drug-likeness (QED) is 0.643. The minimum absolute atomic E-state index is 0.106. The second-order valence-electron chi connectivity index (χ2n) is 4.14. The van der Waals surface area contributed by atoms with Crippen LogP contribution in [0.15, 0.2) is 41.1 Å². The van der Waals surface area contributed by atoms with Crippen molar-refractivity contribution in [1.29, 1.82) is 0 Å². The molecule has 21 heavy (non-hydrogen) atoms. The maximum Gasteiger partial charge on any atom is 0.337 e. The number of aromatic nitrogens is 1. The number of methoxy groups -OCH3 is 1. The van der Waals surface area contributed by atoms with Crippen molar-refractivity contribution >= 4 is 17.2 Å². The van der Waals surface area contributed by atoms with Gasteiger partial charge in [0.05, 0.1) is 25.4 Å². The molecule has 112 valence electrons. The largest absolute Gasteiger partial charge is 0.465 e. The predicted octanol–water partition coefficient (Wildman–Crippen LogP) is 1.60. The molecule has 0 spiro atoms. The molecule has 1 atom stereocenters. The van der Waals surface area contributed by atoms with Crippen LogP contribution in [0.25, 0.3) is 0 Å². The summed E-state index contributed by atoms with van der Waals surface area (Å²) < 4.78 is 31.6. The van der Waals surface area contributed by atoms with E-state index < -0.39 is 17.2 Å². The molecule has 1 unspecified atom stereocenters. The third kappa shape index (κ3) is 4.22. The van der Waals surface area contributed by atoms with E-state index in [1.807, 2.05) is 0 Å². The van der Waals surface area contributed by atoms with E-state index in [1.165, 1.54) is 23.9 Å². The molecule has 1 heterocycles. The van der Waals surface area contributed by atoms with Gasteiger partial charge in [-0.25, -0.2) is 14.0 Å². The van der Waals surface area contributed by atoms with Crippen LogP contribution in [-0.4, -0.2) is 31.1 Å². The fourth-order valence-electron chi connectivity index (χ4n) is 1.72. The Hall–Kier alpha value is -2.03. The minimum atomic E-state index is -2.16. The highest BCUT2D eigenvalue weighted by Gasteiger charge is 2.15. The van der Waals surface area contributed by atoms with Gasteiger partial charge in [-0.2, -0.15) is 4.31 Å². The molecule has 1 aromatic carbocycles. The van der Waals surface area contributed by atoms with Gasteiger partial charge in [0.25, 0.3) is 0 Å². The SMILES string of the molecule is COC(=O)c1ccc(CN(Cc2ncco2)S(=O)O)cc1. The third-order valence-electron chi connectivity index (χ3n) is 2.75. The lowest BCUT2D eigenvalue weighted by Gasteiger charge is -2.15. The lowest BCUT2D eigenvalue weighted by Crippen LogP contribution is -2.24. The second kappa shape index (κ2) is 7.11. The fourth-order valence-corrected chi connectivity index (χ4v) is 2.20. The monoisotopic (exact) mass is 310 g/mol. The summed E-state index contributed by atoms with van der Waals surface area (Å²) in [6.45, 7) is 0.321. The Labute approximate surface area is 124 Å². The highest BCUT2D eigenvalue weighted by atomic mass is 32.2. The van der Waals surface area contributed by atoms with Gasteiger partial charge in [-0.1, -0.05) is 12.1 Å². The van der Waals surface area contributed by atoms with Crippen LogP contribution in [0.5, 0.6) is 0 Å². The molecule has 7 nitrogen and oxygen atoms in total. The zero-order valence-electron chi connectivity index (χ0n) is 11.3. The summed E-state index contributed by atoms with van der Waals surface area (Å²) in [7, 11) is 1.31. The molecule has 0 aliphatic heterocycles. The van der Waals surface area contributed by atoms with Crippen molar-refractivity contribution in [3.63, 3.8) is 0 Å². The number of hydrogen-bond donors (Lipinski definition) is 1. The number of ether oxygens (including phenoxy) is 1. The number of rotatable bonds is 6. The van der Waals surface area contributed by atoms with Crippen LogP contribution in [0.4, 0.5) is 0 Å². The molecule has 0 saturated heterocycles. The Bertz CT molecular complexity index is 612. The number of hydrogen-bond acceptors (Lipinski definition) is 5. The van der Waals surface area contributed by atoms with Gasteiger partial charge in [0.1, 0.15) is 6.26 Å². The van der Waals surface area contributed by atoms with E-state index in [2.05, 4.69) is 9.72 Å². The average molecular weight is 310 g/mol. The Kier molecular flexibility index (Phi) is 5.20. The summed E-state index contributed by atoms with van der Waals surface area (Å²) in [6, 6.07) is 6.60. The van der Waals surface area contributed by atoms with Crippen LogP contribution in [0, 0.1) is 0 Å². The first kappa shape index (κ1) is 15.4. The molecule has 8 heteroatoms. The van der Waals surface area contributed by atoms with Gasteiger partial charge in [-0.3, -0.25) is 4.55 Å². The summed E-state index contributed by atoms with van der Waals surface area (Å²) in [5.41, 5.74) is 1.20. The maximum absolute atomic E-state index is 11.3. The Morgan fingerprint density at radius 2 is 2.10 bits per heavy atom. The molecule has 0 radical (unpaired) electrons. The molecule has 2 rings (SSSR count). The van der Waals surface area contributed by atoms with Gasteiger partial charge in [0, 0.05) is 6.54 Å². The lowest BCUT2D eigenvalue weighted by molar-refractivity contribution is 0.0600. The van der Waals surface area contributed by atoms with E-state index in [4.69, 9.17) is 4.42 Å². The van der Waals surface area contributed by atoms with Crippen molar-refractivity contribution in [1.82, 2.24) is 9.29 Å². The smallest absolute Gasteiger partial charge is 0.337 e. The zero-order valence-corrected chi connectivity index (χ0v) is 12.1. The van der Waals surface area contributed by atoms with Crippen molar-refractivity contribution in [3.05, 3.63) is 53.7 Å². The van der Waals surface area contributed by atoms with Crippen molar-refractivity contribution in [2.75, 3.05) is 7.11 Å². The van der Waals surface area contributed by atoms with Crippen LogP contribution in [0.2, 0.25) is 0 Å². The van der Waals surface area contributed by atoms with Crippen LogP contribution in [-0.2, 0) is 29.1 Å². The van der Waals surface area contributed by atoms with Gasteiger partial charge in [0.2, 0.25) is 17.2 Å². The van der Waals surface area contributed by atoms with Crippen LogP contribution in [0.1, 0.15) is 21.8 Å². The van der Waals surface area contributed by atoms with Crippen molar-refractivity contribution in [2.24, 2.45) is 0 Å². The van der Waals surface area contributed by atoms with E-state index in [-0.39, 0.29) is 13.1 Å². The molecule has 0 bridgehead atoms. The Morgan fingerprint density at radius 3 is 2.62 bits per heavy atom. The average Bonchev–Trinajstić information content (AvgIpc) is 2.99. The summed E-state index contributed by atoms with van der Waals surface area (Å²) in [5.74, 6) is -0.0764. The third-order valence-corrected chi connectivity index (χ3v) is 3.45. The van der Waals surface area contributed by atoms with Gasteiger partial charge in [-0.05, 0) is 17.7 Å². The maximum atomic E-state index is 11.3. The summed E-state index contributed by atoms with van der Waals surface area (Å²) in [4.78, 5) is 15.2. The number of oxazole rings is 1. The highest BCUT2D eigenvalue weighted by molar-refractivity contribution is 7.76. The van der Waals surface area contributed by atoms with Gasteiger partial charge >= 0.3 is 5.97 Å². The Morgan fingerprint density at radius 1 is 1.38 bits per heavy atom. The number of carbonyl (C=O) groups excluding carboxylic acids is 1. The zero-order chi connectivity index (χ0) is 15.2. The molecule has 0 fully saturated rings.